The van der Waals surface area contributed by atoms with Crippen molar-refractivity contribution in [2.75, 3.05) is 32.6 Å². The summed E-state index contributed by atoms with van der Waals surface area (Å²) in [6.07, 6.45) is -5.79. The molecular formula is C15H24N8O7. The zero-order valence-corrected chi connectivity index (χ0v) is 16.3. The summed E-state index contributed by atoms with van der Waals surface area (Å²) in [4.78, 5) is 37.8. The monoisotopic (exact) mass is 428 g/mol. The highest BCUT2D eigenvalue weighted by Gasteiger charge is 2.45. The summed E-state index contributed by atoms with van der Waals surface area (Å²) in [5, 5.41) is 48.6. The summed E-state index contributed by atoms with van der Waals surface area (Å²) in [7, 11) is 3.52. The maximum absolute atomic E-state index is 12.8. The van der Waals surface area contributed by atoms with Crippen molar-refractivity contribution in [3.63, 3.8) is 0 Å². The van der Waals surface area contributed by atoms with E-state index in [1.165, 1.54) is 0 Å². The van der Waals surface area contributed by atoms with E-state index < -0.39 is 65.9 Å². The van der Waals surface area contributed by atoms with E-state index in [4.69, 9.17) is 15.9 Å². The van der Waals surface area contributed by atoms with E-state index in [1.807, 2.05) is 5.32 Å². The van der Waals surface area contributed by atoms with Gasteiger partial charge < -0.3 is 41.3 Å². The number of ether oxygens (including phenoxy) is 1. The van der Waals surface area contributed by atoms with E-state index in [1.54, 1.807) is 19.0 Å². The lowest BCUT2D eigenvalue weighted by molar-refractivity contribution is -0.119. The lowest BCUT2D eigenvalue weighted by Gasteiger charge is -2.18. The first-order chi connectivity index (χ1) is 14.1. The van der Waals surface area contributed by atoms with Crippen LogP contribution in [0.25, 0.3) is 0 Å². The van der Waals surface area contributed by atoms with Crippen LogP contribution in [0.2, 0.25) is 0 Å². The Morgan fingerprint density at radius 2 is 2.00 bits per heavy atom. The highest BCUT2D eigenvalue weighted by atomic mass is 16.6. The molecule has 1 aromatic heterocycles. The van der Waals surface area contributed by atoms with Gasteiger partial charge in [-0.05, 0) is 14.1 Å². The second-order valence-corrected chi connectivity index (χ2v) is 6.76. The number of amides is 3. The Hall–Kier alpha value is -2.98. The Kier molecular flexibility index (Phi) is 7.52. The number of nitrogens with zero attached hydrogens (tertiary/aromatic N) is 4. The molecule has 8 N–H and O–H groups in total. The number of urea groups is 1. The van der Waals surface area contributed by atoms with Gasteiger partial charge in [0, 0.05) is 13.0 Å². The minimum Gasteiger partial charge on any atom is -0.394 e. The molecule has 1 aromatic rings. The Morgan fingerprint density at radius 3 is 2.53 bits per heavy atom. The fourth-order valence-corrected chi connectivity index (χ4v) is 2.64. The minimum absolute atomic E-state index is 0.0565. The molecule has 1 aliphatic heterocycles. The van der Waals surface area contributed by atoms with Crippen LogP contribution in [0, 0.1) is 5.41 Å². The molecule has 0 spiro atoms. The molecule has 1 aliphatic rings. The SMILES string of the molecule is CN(C)CCC(=O)NC(=N)c1nnn(C2OC(CO)C(O)C2O)c(=O)c1NC(N)=O. The van der Waals surface area contributed by atoms with Gasteiger partial charge in [0.2, 0.25) is 5.91 Å². The number of aliphatic hydroxyl groups is 3. The van der Waals surface area contributed by atoms with Crippen LogP contribution in [0.15, 0.2) is 4.79 Å². The Morgan fingerprint density at radius 1 is 1.33 bits per heavy atom. The minimum atomic E-state index is -1.63. The summed E-state index contributed by atoms with van der Waals surface area (Å²) in [5.41, 5.74) is 2.95. The normalized spacial score (nSPS) is 23.4. The highest BCUT2D eigenvalue weighted by Crippen LogP contribution is 2.27. The molecule has 0 saturated carbocycles. The van der Waals surface area contributed by atoms with Crippen LogP contribution < -0.4 is 21.9 Å². The number of hydrogen-bond donors (Lipinski definition) is 7. The third kappa shape index (κ3) is 5.14. The summed E-state index contributed by atoms with van der Waals surface area (Å²) >= 11 is 0. The average Bonchev–Trinajstić information content (AvgIpc) is 2.95. The first kappa shape index (κ1) is 23.3. The molecule has 4 atom stereocenters. The molecule has 0 aliphatic carbocycles. The van der Waals surface area contributed by atoms with Crippen LogP contribution in [-0.2, 0) is 9.53 Å². The number of anilines is 1. The van der Waals surface area contributed by atoms with Gasteiger partial charge in [-0.15, -0.1) is 5.10 Å². The van der Waals surface area contributed by atoms with Crippen LogP contribution in [0.5, 0.6) is 0 Å². The van der Waals surface area contributed by atoms with Crippen LogP contribution >= 0.6 is 0 Å². The van der Waals surface area contributed by atoms with Crippen LogP contribution in [0.4, 0.5) is 10.5 Å². The number of primary amides is 1. The predicted molar refractivity (Wildman–Crippen MR) is 101 cm³/mol. The number of aliphatic hydroxyl groups excluding tert-OH is 3. The van der Waals surface area contributed by atoms with E-state index in [0.717, 1.165) is 0 Å². The zero-order chi connectivity index (χ0) is 22.6. The molecular weight excluding hydrogens is 404 g/mol. The van der Waals surface area contributed by atoms with Gasteiger partial charge in [0.05, 0.1) is 6.61 Å². The average molecular weight is 428 g/mol. The molecule has 0 bridgehead atoms. The third-order valence-corrected chi connectivity index (χ3v) is 4.19. The van der Waals surface area contributed by atoms with E-state index in [9.17, 15) is 29.7 Å². The summed E-state index contributed by atoms with van der Waals surface area (Å²) < 4.78 is 5.75. The topological polar surface area (TPSA) is 229 Å². The van der Waals surface area contributed by atoms with E-state index in [-0.39, 0.29) is 6.42 Å². The smallest absolute Gasteiger partial charge is 0.316 e. The molecule has 2 rings (SSSR count). The largest absolute Gasteiger partial charge is 0.394 e. The van der Waals surface area contributed by atoms with Gasteiger partial charge in [-0.2, -0.15) is 4.68 Å². The molecule has 2 heterocycles. The number of hydrogen-bond acceptors (Lipinski definition) is 11. The van der Waals surface area contributed by atoms with Gasteiger partial charge in [0.1, 0.15) is 24.0 Å². The second-order valence-electron chi connectivity index (χ2n) is 6.76. The maximum atomic E-state index is 12.8. The van der Waals surface area contributed by atoms with E-state index >= 15 is 0 Å². The molecule has 166 valence electrons. The lowest BCUT2D eigenvalue weighted by atomic mass is 10.1. The fraction of sp³-hybridized carbons (Fsp3) is 0.600. The highest BCUT2D eigenvalue weighted by molar-refractivity contribution is 6.09. The molecule has 4 unspecified atom stereocenters. The molecule has 0 aromatic carbocycles. The number of amidine groups is 1. The van der Waals surface area contributed by atoms with E-state index in [2.05, 4.69) is 15.6 Å². The first-order valence-electron chi connectivity index (χ1n) is 8.78. The van der Waals surface area contributed by atoms with Crippen molar-refractivity contribution >= 4 is 23.5 Å². The van der Waals surface area contributed by atoms with Crippen LogP contribution in [0.1, 0.15) is 18.3 Å². The maximum Gasteiger partial charge on any atom is 0.316 e. The molecule has 15 nitrogen and oxygen atoms in total. The number of rotatable bonds is 7. The van der Waals surface area contributed by atoms with Crippen molar-refractivity contribution in [1.82, 2.24) is 25.2 Å². The summed E-state index contributed by atoms with van der Waals surface area (Å²) in [5.74, 6) is -1.14. The first-order valence-corrected chi connectivity index (χ1v) is 8.78. The Labute approximate surface area is 169 Å². The van der Waals surface area contributed by atoms with Crippen molar-refractivity contribution in [3.8, 4) is 0 Å². The number of aromatic nitrogens is 3. The van der Waals surface area contributed by atoms with Crippen LogP contribution in [-0.4, -0.2) is 98.5 Å². The van der Waals surface area contributed by atoms with Gasteiger partial charge >= 0.3 is 6.03 Å². The van der Waals surface area contributed by atoms with Gasteiger partial charge in [-0.3, -0.25) is 15.0 Å². The molecule has 3 amide bonds. The third-order valence-electron chi connectivity index (χ3n) is 4.19. The van der Waals surface area contributed by atoms with Crippen molar-refractivity contribution < 1.29 is 29.6 Å². The van der Waals surface area contributed by atoms with Gasteiger partial charge in [0.25, 0.3) is 5.56 Å². The number of carbonyl (C=O) groups excluding carboxylic acids is 2. The number of nitrogens with two attached hydrogens (primary N) is 1. The Balaban J connectivity index is 2.36. The van der Waals surface area contributed by atoms with Crippen molar-refractivity contribution in [1.29, 1.82) is 5.41 Å². The predicted octanol–water partition coefficient (Wildman–Crippen LogP) is -3.87. The van der Waals surface area contributed by atoms with E-state index in [0.29, 0.717) is 11.2 Å². The fourth-order valence-electron chi connectivity index (χ4n) is 2.64. The molecule has 0 radical (unpaired) electrons. The number of nitrogens with one attached hydrogen (secondary N) is 3. The second kappa shape index (κ2) is 9.68. The quantitative estimate of drug-likeness (QED) is 0.165. The summed E-state index contributed by atoms with van der Waals surface area (Å²) in [6, 6.07) is -1.15. The van der Waals surface area contributed by atoms with Crippen molar-refractivity contribution in [3.05, 3.63) is 16.0 Å². The summed E-state index contributed by atoms with van der Waals surface area (Å²) in [6.45, 7) is -0.227. The molecule has 1 fully saturated rings. The Bertz CT molecular complexity index is 873. The van der Waals surface area contributed by atoms with Gasteiger partial charge in [-0.1, -0.05) is 5.21 Å². The van der Waals surface area contributed by atoms with Gasteiger partial charge in [-0.25, -0.2) is 4.79 Å². The van der Waals surface area contributed by atoms with Gasteiger partial charge in [0.15, 0.2) is 17.8 Å². The van der Waals surface area contributed by atoms with Crippen molar-refractivity contribution in [2.24, 2.45) is 5.73 Å². The van der Waals surface area contributed by atoms with Crippen LogP contribution in [0.3, 0.4) is 0 Å². The van der Waals surface area contributed by atoms with Crippen molar-refractivity contribution in [2.45, 2.75) is 31.0 Å². The molecule has 15 heteroatoms. The zero-order valence-electron chi connectivity index (χ0n) is 16.3. The lowest BCUT2D eigenvalue weighted by Crippen LogP contribution is -2.41. The molecule has 30 heavy (non-hydrogen) atoms. The molecule has 1 saturated heterocycles. The number of carbonyl (C=O) groups is 2. The standard InChI is InChI=1S/C15H24N8O7/c1-22(2)4-3-7(25)18-12(16)8-9(19-15(17)29)13(28)23(21-20-8)14-11(27)10(26)6(5-24)30-14/h6,10-11,14,24,26-27H,3-5H2,1-2H3,(H2,16,18,25)(H3,17,19,29).